The Morgan fingerprint density at radius 1 is 0.560 bits per heavy atom. The average Bonchev–Trinajstić information content (AvgIpc) is 2.55. The van der Waals surface area contributed by atoms with E-state index in [2.05, 4.69) is 13.8 Å². The molecule has 154 valence electrons. The summed E-state index contributed by atoms with van der Waals surface area (Å²) in [5.74, 6) is 0. The monoisotopic (exact) mass is 378 g/mol. The van der Waals surface area contributed by atoms with Gasteiger partial charge in [-0.05, 0) is 0 Å². The summed E-state index contributed by atoms with van der Waals surface area (Å²) in [7, 11) is -4.44. The van der Waals surface area contributed by atoms with Crippen molar-refractivity contribution in [2.45, 2.75) is 129 Å². The number of rotatable bonds is 18. The molecular formula is C21H47O3P. The normalized spacial score (nSPS) is 15.0. The Morgan fingerprint density at radius 3 is 1.36 bits per heavy atom. The number of unbranched alkanes of at least 4 members (excludes halogenated alkanes) is 13. The molecule has 25 heavy (non-hydrogen) atoms. The maximum absolute atomic E-state index is 10.4. The van der Waals surface area contributed by atoms with Gasteiger partial charge in [0.1, 0.15) is 0 Å². The molecule has 0 fully saturated rings. The van der Waals surface area contributed by atoms with Crippen molar-refractivity contribution in [3.8, 4) is 0 Å². The molecule has 0 amide bonds. The van der Waals surface area contributed by atoms with Crippen molar-refractivity contribution in [1.82, 2.24) is 0 Å². The molecule has 0 spiro atoms. The summed E-state index contributed by atoms with van der Waals surface area (Å²) in [4.78, 5) is 31.3. The molecule has 3 nitrogen and oxygen atoms in total. The van der Waals surface area contributed by atoms with Gasteiger partial charge in [-0.15, -0.1) is 0 Å². The van der Waals surface area contributed by atoms with Crippen LogP contribution in [0.2, 0.25) is 0 Å². The van der Waals surface area contributed by atoms with Crippen LogP contribution in [-0.4, -0.2) is 26.5 Å². The molecular weight excluding hydrogens is 331 g/mol. The average molecular weight is 379 g/mol. The first-order chi connectivity index (χ1) is 11.8. The van der Waals surface area contributed by atoms with Crippen LogP contribution in [0, 0.1) is 0 Å². The topological polar surface area (TPSA) is 60.7 Å². The van der Waals surface area contributed by atoms with Crippen molar-refractivity contribution in [1.29, 1.82) is 0 Å². The van der Waals surface area contributed by atoms with Crippen molar-refractivity contribution in [2.75, 3.05) is 6.16 Å². The molecule has 1 atom stereocenters. The van der Waals surface area contributed by atoms with Gasteiger partial charge in [0.2, 0.25) is 0 Å². The van der Waals surface area contributed by atoms with Crippen LogP contribution >= 0.6 is 7.28 Å². The Kier molecular flexibility index (Phi) is 14.6. The van der Waals surface area contributed by atoms with Gasteiger partial charge in [-0.3, -0.25) is 0 Å². The van der Waals surface area contributed by atoms with Crippen molar-refractivity contribution in [2.24, 2.45) is 0 Å². The zero-order valence-electron chi connectivity index (χ0n) is 17.4. The Bertz CT molecular complexity index is 299. The van der Waals surface area contributed by atoms with E-state index in [0.717, 1.165) is 38.5 Å². The van der Waals surface area contributed by atoms with Gasteiger partial charge in [0, 0.05) is 0 Å². The van der Waals surface area contributed by atoms with E-state index in [-0.39, 0.29) is 11.8 Å². The van der Waals surface area contributed by atoms with Gasteiger partial charge in [-0.25, -0.2) is 0 Å². The molecule has 0 bridgehead atoms. The van der Waals surface area contributed by atoms with Crippen LogP contribution in [-0.2, 0) is 0 Å². The second kappa shape index (κ2) is 14.4. The van der Waals surface area contributed by atoms with E-state index in [9.17, 15) is 14.7 Å². The number of hydrogen-bond donors (Lipinski definition) is 3. The van der Waals surface area contributed by atoms with Gasteiger partial charge in [-0.1, -0.05) is 0 Å². The van der Waals surface area contributed by atoms with Gasteiger partial charge in [0.25, 0.3) is 0 Å². The quantitative estimate of drug-likeness (QED) is 0.179. The van der Waals surface area contributed by atoms with E-state index >= 15 is 0 Å². The maximum atomic E-state index is 10.4. The van der Waals surface area contributed by atoms with Crippen LogP contribution in [0.1, 0.15) is 124 Å². The predicted molar refractivity (Wildman–Crippen MR) is 113 cm³/mol. The molecule has 0 aromatic heterocycles. The summed E-state index contributed by atoms with van der Waals surface area (Å²) in [6.45, 7) is 6.27. The fourth-order valence-corrected chi connectivity index (χ4v) is 5.41. The Morgan fingerprint density at radius 2 is 0.920 bits per heavy atom. The Balaban J connectivity index is 3.79. The second-order valence-electron chi connectivity index (χ2n) is 8.18. The third kappa shape index (κ3) is 14.1. The molecule has 0 heterocycles. The summed E-state index contributed by atoms with van der Waals surface area (Å²) in [5, 5.41) is 0. The van der Waals surface area contributed by atoms with Crippen LogP contribution in [0.15, 0.2) is 0 Å². The minimum atomic E-state index is -4.44. The molecule has 0 saturated heterocycles. The first-order valence-electron chi connectivity index (χ1n) is 11.1. The number of hydrogen-bond acceptors (Lipinski definition) is 3. The van der Waals surface area contributed by atoms with Crippen molar-refractivity contribution in [3.05, 3.63) is 0 Å². The van der Waals surface area contributed by atoms with Gasteiger partial charge >= 0.3 is 157 Å². The van der Waals surface area contributed by atoms with E-state index in [1.165, 1.54) is 64.2 Å². The summed E-state index contributed by atoms with van der Waals surface area (Å²) in [6, 6.07) is 0. The molecule has 4 heteroatoms. The summed E-state index contributed by atoms with van der Waals surface area (Å²) < 4.78 is 0. The zero-order chi connectivity index (χ0) is 19.0. The first kappa shape index (κ1) is 25.3. The molecule has 0 aliphatic rings. The SMILES string of the molecule is CCCCCCCCCCP(O)(O)(O)C(C)CCCCCCCCC. The van der Waals surface area contributed by atoms with E-state index < -0.39 is 7.28 Å². The van der Waals surface area contributed by atoms with E-state index in [1.54, 1.807) is 0 Å². The summed E-state index contributed by atoms with van der Waals surface area (Å²) in [5.41, 5.74) is -0.369. The molecule has 3 N–H and O–H groups in total. The van der Waals surface area contributed by atoms with E-state index in [1.807, 2.05) is 6.92 Å². The zero-order valence-corrected chi connectivity index (χ0v) is 18.3. The molecule has 0 rings (SSSR count). The minimum absolute atomic E-state index is 0.193. The van der Waals surface area contributed by atoms with Gasteiger partial charge in [0.05, 0.1) is 0 Å². The van der Waals surface area contributed by atoms with E-state index in [0.29, 0.717) is 0 Å². The second-order valence-corrected chi connectivity index (χ2v) is 12.0. The third-order valence-corrected chi connectivity index (χ3v) is 8.81. The van der Waals surface area contributed by atoms with Gasteiger partial charge in [0.15, 0.2) is 0 Å². The van der Waals surface area contributed by atoms with Crippen molar-refractivity contribution < 1.29 is 14.7 Å². The fraction of sp³-hybridized carbons (Fsp3) is 1.00. The fourth-order valence-electron chi connectivity index (χ4n) is 3.43. The molecule has 0 saturated carbocycles. The molecule has 0 radical (unpaired) electrons. The molecule has 0 aromatic rings. The van der Waals surface area contributed by atoms with E-state index in [4.69, 9.17) is 0 Å². The molecule has 0 aliphatic heterocycles. The summed E-state index contributed by atoms with van der Waals surface area (Å²) in [6.07, 6.45) is 18.7. The summed E-state index contributed by atoms with van der Waals surface area (Å²) >= 11 is 0. The van der Waals surface area contributed by atoms with Crippen LogP contribution in [0.4, 0.5) is 0 Å². The van der Waals surface area contributed by atoms with Crippen LogP contribution in [0.5, 0.6) is 0 Å². The molecule has 0 aliphatic carbocycles. The van der Waals surface area contributed by atoms with Crippen molar-refractivity contribution in [3.63, 3.8) is 0 Å². The van der Waals surface area contributed by atoms with Crippen LogP contribution in [0.3, 0.4) is 0 Å². The van der Waals surface area contributed by atoms with Gasteiger partial charge in [-0.2, -0.15) is 0 Å². The predicted octanol–water partition coefficient (Wildman–Crippen LogP) is 6.93. The van der Waals surface area contributed by atoms with Crippen LogP contribution in [0.25, 0.3) is 0 Å². The Hall–Kier alpha value is 0.310. The Labute approximate surface area is 157 Å². The van der Waals surface area contributed by atoms with Crippen molar-refractivity contribution >= 4 is 7.28 Å². The molecule has 1 unspecified atom stereocenters. The third-order valence-electron chi connectivity index (χ3n) is 5.57. The first-order valence-corrected chi connectivity index (χ1v) is 13.4. The molecule has 0 aromatic carbocycles. The van der Waals surface area contributed by atoms with Gasteiger partial charge < -0.3 is 0 Å². The standard InChI is InChI=1S/C21H47O3P/c1-4-6-8-10-12-14-16-18-20-25(22,23,24)21(3)19-17-15-13-11-9-7-5-2/h21-24H,4-20H2,1-3H3. The van der Waals surface area contributed by atoms with Crippen LogP contribution < -0.4 is 0 Å².